The van der Waals surface area contributed by atoms with E-state index in [0.717, 1.165) is 34.3 Å². The first-order chi connectivity index (χ1) is 18.2. The maximum atomic E-state index is 13.9. The molecule has 1 fully saturated rings. The number of thiocarbonyl (C=S) groups is 1. The quantitative estimate of drug-likeness (QED) is 0.278. The number of para-hydroxylation sites is 1. The van der Waals surface area contributed by atoms with Crippen LogP contribution in [0.4, 0.5) is 13.2 Å². The lowest BCUT2D eigenvalue weighted by molar-refractivity contribution is -0.137. The van der Waals surface area contributed by atoms with E-state index >= 15 is 0 Å². The van der Waals surface area contributed by atoms with Crippen LogP contribution in [0.1, 0.15) is 45.9 Å². The molecule has 1 aliphatic rings. The molecular weight excluding hydrogens is 509 g/mol. The summed E-state index contributed by atoms with van der Waals surface area (Å²) in [6.45, 7) is 4.19. The zero-order valence-electron chi connectivity index (χ0n) is 21.2. The number of methoxy groups -OCH3 is 1. The fourth-order valence-corrected chi connectivity index (χ4v) is 5.51. The van der Waals surface area contributed by atoms with E-state index < -0.39 is 11.7 Å². The molecule has 0 radical (unpaired) electrons. The van der Waals surface area contributed by atoms with Crippen molar-refractivity contribution in [1.29, 1.82) is 0 Å². The van der Waals surface area contributed by atoms with E-state index in [-0.39, 0.29) is 17.8 Å². The lowest BCUT2D eigenvalue weighted by Crippen LogP contribution is -2.29. The van der Waals surface area contributed by atoms with Gasteiger partial charge in [-0.05, 0) is 79.7 Å². The summed E-state index contributed by atoms with van der Waals surface area (Å²) in [5, 5.41) is 3.98. The number of nitrogens with one attached hydrogen (secondary N) is 1. The summed E-state index contributed by atoms with van der Waals surface area (Å²) in [6, 6.07) is 20.5. The zero-order valence-corrected chi connectivity index (χ0v) is 22.0. The van der Waals surface area contributed by atoms with Crippen LogP contribution in [0.15, 0.2) is 79.0 Å². The van der Waals surface area contributed by atoms with Gasteiger partial charge in [-0.15, -0.1) is 0 Å². The molecule has 0 unspecified atom stereocenters. The Morgan fingerprint density at radius 3 is 2.37 bits per heavy atom. The van der Waals surface area contributed by atoms with Gasteiger partial charge in [0.05, 0.1) is 36.1 Å². The van der Waals surface area contributed by atoms with Crippen molar-refractivity contribution in [2.24, 2.45) is 0 Å². The van der Waals surface area contributed by atoms with Gasteiger partial charge in [0.15, 0.2) is 5.11 Å². The van der Waals surface area contributed by atoms with Gasteiger partial charge in [0, 0.05) is 24.1 Å². The molecule has 2 aromatic heterocycles. The number of benzene rings is 2. The highest BCUT2D eigenvalue weighted by Crippen LogP contribution is 2.43. The Kier molecular flexibility index (Phi) is 6.88. The molecule has 3 heterocycles. The van der Waals surface area contributed by atoms with Crippen molar-refractivity contribution < 1.29 is 17.9 Å². The molecule has 0 aliphatic carbocycles. The van der Waals surface area contributed by atoms with Crippen LogP contribution in [0.5, 0.6) is 5.75 Å². The molecule has 1 aliphatic heterocycles. The Labute approximate surface area is 224 Å². The number of alkyl halides is 3. The molecule has 0 bridgehead atoms. The third kappa shape index (κ3) is 4.74. The number of pyridine rings is 1. The monoisotopic (exact) mass is 536 g/mol. The summed E-state index contributed by atoms with van der Waals surface area (Å²) in [5.74, 6) is 0.755. The molecular formula is C29H27F3N4OS. The van der Waals surface area contributed by atoms with E-state index in [1.165, 1.54) is 12.1 Å². The molecule has 2 aromatic carbocycles. The maximum absolute atomic E-state index is 13.9. The molecule has 0 amide bonds. The number of aryl methyl sites for hydroxylation is 1. The highest BCUT2D eigenvalue weighted by Gasteiger charge is 2.42. The Morgan fingerprint density at radius 2 is 1.71 bits per heavy atom. The van der Waals surface area contributed by atoms with Gasteiger partial charge in [-0.25, -0.2) is 0 Å². The van der Waals surface area contributed by atoms with Crippen LogP contribution >= 0.6 is 12.2 Å². The lowest BCUT2D eigenvalue weighted by Gasteiger charge is -2.28. The summed E-state index contributed by atoms with van der Waals surface area (Å²) in [6.07, 6.45) is -2.75. The molecule has 38 heavy (non-hydrogen) atoms. The van der Waals surface area contributed by atoms with Crippen LogP contribution in [-0.4, -0.2) is 26.7 Å². The van der Waals surface area contributed by atoms with E-state index in [1.54, 1.807) is 23.9 Å². The van der Waals surface area contributed by atoms with Crippen molar-refractivity contribution in [3.8, 4) is 11.4 Å². The van der Waals surface area contributed by atoms with Crippen LogP contribution < -0.4 is 10.1 Å². The highest BCUT2D eigenvalue weighted by atomic mass is 32.1. The van der Waals surface area contributed by atoms with Crippen LogP contribution in [0.3, 0.4) is 0 Å². The van der Waals surface area contributed by atoms with E-state index in [4.69, 9.17) is 17.0 Å². The van der Waals surface area contributed by atoms with Gasteiger partial charge in [-0.2, -0.15) is 13.2 Å². The molecule has 0 saturated carbocycles. The van der Waals surface area contributed by atoms with Crippen molar-refractivity contribution in [3.63, 3.8) is 0 Å². The van der Waals surface area contributed by atoms with Gasteiger partial charge in [0.2, 0.25) is 0 Å². The number of ether oxygens (including phenoxy) is 1. The molecule has 1 N–H and O–H groups in total. The summed E-state index contributed by atoms with van der Waals surface area (Å²) in [7, 11) is 1.62. The first kappa shape index (κ1) is 25.8. The Morgan fingerprint density at radius 1 is 1.00 bits per heavy atom. The van der Waals surface area contributed by atoms with Gasteiger partial charge < -0.3 is 19.5 Å². The first-order valence-electron chi connectivity index (χ1n) is 12.2. The summed E-state index contributed by atoms with van der Waals surface area (Å²) in [5.41, 5.74) is 3.56. The smallest absolute Gasteiger partial charge is 0.418 e. The summed E-state index contributed by atoms with van der Waals surface area (Å²) >= 11 is 5.80. The number of hydrogen-bond acceptors (Lipinski definition) is 3. The minimum Gasteiger partial charge on any atom is -0.497 e. The Hall–Kier alpha value is -3.85. The minimum atomic E-state index is -4.48. The SMILES string of the molecule is COc1ccc(CN2C(=S)N[C@@H](c3ccccn3)[C@@H]2c2cc(C)n(-c3ccccc3C(F)(F)F)c2C)cc1. The number of rotatable bonds is 6. The van der Waals surface area contributed by atoms with Gasteiger partial charge >= 0.3 is 6.18 Å². The van der Waals surface area contributed by atoms with Crippen LogP contribution in [-0.2, 0) is 12.7 Å². The molecule has 9 heteroatoms. The third-order valence-corrected chi connectivity index (χ3v) is 7.30. The van der Waals surface area contributed by atoms with E-state index in [2.05, 4.69) is 15.2 Å². The predicted octanol–water partition coefficient (Wildman–Crippen LogP) is 6.69. The zero-order chi connectivity index (χ0) is 27.0. The fourth-order valence-electron chi connectivity index (χ4n) is 5.21. The van der Waals surface area contributed by atoms with Crippen molar-refractivity contribution in [1.82, 2.24) is 19.8 Å². The molecule has 5 rings (SSSR count). The average Bonchev–Trinajstić information content (AvgIpc) is 3.38. The van der Waals surface area contributed by atoms with Crippen molar-refractivity contribution in [3.05, 3.63) is 113 Å². The standard InChI is InChI=1S/C29H27F3N4OS/c1-18-16-22(19(2)36(18)25-10-5-4-8-23(25)29(30,31)32)27-26(24-9-6-7-15-33-24)34-28(38)35(27)17-20-11-13-21(37-3)14-12-20/h4-16,26-27H,17H2,1-3H3,(H,34,38)/t26-,27-/m0/s1. The lowest BCUT2D eigenvalue weighted by atomic mass is 9.96. The Balaban J connectivity index is 1.63. The van der Waals surface area contributed by atoms with Gasteiger partial charge in [-0.3, -0.25) is 4.98 Å². The number of hydrogen-bond donors (Lipinski definition) is 1. The molecule has 0 spiro atoms. The normalized spacial score (nSPS) is 17.5. The van der Waals surface area contributed by atoms with Crippen LogP contribution in [0.25, 0.3) is 5.69 Å². The average molecular weight is 537 g/mol. The van der Waals surface area contributed by atoms with Gasteiger partial charge in [0.25, 0.3) is 0 Å². The van der Waals surface area contributed by atoms with Crippen LogP contribution in [0.2, 0.25) is 0 Å². The van der Waals surface area contributed by atoms with Crippen molar-refractivity contribution in [2.75, 3.05) is 7.11 Å². The highest BCUT2D eigenvalue weighted by molar-refractivity contribution is 7.80. The summed E-state index contributed by atoms with van der Waals surface area (Å²) in [4.78, 5) is 6.66. The number of halogens is 3. The second-order valence-electron chi connectivity index (χ2n) is 9.28. The third-order valence-electron chi connectivity index (χ3n) is 6.95. The van der Waals surface area contributed by atoms with Gasteiger partial charge in [0.1, 0.15) is 5.75 Å². The first-order valence-corrected chi connectivity index (χ1v) is 12.6. The topological polar surface area (TPSA) is 42.3 Å². The second kappa shape index (κ2) is 10.1. The minimum absolute atomic E-state index is 0.103. The molecule has 1 saturated heterocycles. The molecule has 196 valence electrons. The van der Waals surface area contributed by atoms with E-state index in [9.17, 15) is 13.2 Å². The van der Waals surface area contributed by atoms with Crippen molar-refractivity contribution in [2.45, 2.75) is 38.7 Å². The summed E-state index contributed by atoms with van der Waals surface area (Å²) < 4.78 is 48.8. The van der Waals surface area contributed by atoms with Crippen molar-refractivity contribution >= 4 is 17.3 Å². The number of nitrogens with zero attached hydrogens (tertiary/aromatic N) is 3. The molecule has 2 atom stereocenters. The molecule has 5 nitrogen and oxygen atoms in total. The largest absolute Gasteiger partial charge is 0.497 e. The van der Waals surface area contributed by atoms with E-state index in [0.29, 0.717) is 17.4 Å². The molecule has 4 aromatic rings. The van der Waals surface area contributed by atoms with Crippen LogP contribution in [0, 0.1) is 13.8 Å². The van der Waals surface area contributed by atoms with E-state index in [1.807, 2.05) is 62.4 Å². The van der Waals surface area contributed by atoms with Gasteiger partial charge in [-0.1, -0.05) is 30.3 Å². The second-order valence-corrected chi connectivity index (χ2v) is 9.67. The fraction of sp³-hybridized carbons (Fsp3) is 0.241. The Bertz CT molecular complexity index is 1450. The maximum Gasteiger partial charge on any atom is 0.418 e. The predicted molar refractivity (Wildman–Crippen MR) is 144 cm³/mol. The number of aromatic nitrogens is 2.